The molecule has 1 saturated heterocycles. The average molecular weight is 274 g/mol. The van der Waals surface area contributed by atoms with Gasteiger partial charge in [-0.25, -0.2) is 4.39 Å². The van der Waals surface area contributed by atoms with Crippen molar-refractivity contribution in [2.24, 2.45) is 5.73 Å². The van der Waals surface area contributed by atoms with Crippen molar-refractivity contribution in [2.75, 3.05) is 0 Å². The number of halogens is 1. The van der Waals surface area contributed by atoms with Crippen molar-refractivity contribution in [3.63, 3.8) is 0 Å². The van der Waals surface area contributed by atoms with Crippen LogP contribution in [-0.2, 0) is 11.3 Å². The summed E-state index contributed by atoms with van der Waals surface area (Å²) in [6.07, 6.45) is 0. The van der Waals surface area contributed by atoms with Gasteiger partial charge < -0.3 is 15.1 Å². The van der Waals surface area contributed by atoms with Gasteiger partial charge in [0.1, 0.15) is 29.4 Å². The number of rotatable bonds is 3. The first-order valence-electron chi connectivity index (χ1n) is 6.43. The molecule has 2 unspecified atom stereocenters. The average Bonchev–Trinajstić information content (AvgIpc) is 2.86. The molecule has 104 valence electrons. The first kappa shape index (κ1) is 12.9. The Bertz CT molecular complexity index is 636. The van der Waals surface area contributed by atoms with E-state index in [1.807, 2.05) is 19.1 Å². The molecule has 1 amide bonds. The predicted octanol–water partition coefficient (Wildman–Crippen LogP) is 2.14. The third-order valence-electron chi connectivity index (χ3n) is 3.56. The summed E-state index contributed by atoms with van der Waals surface area (Å²) in [4.78, 5) is 13.6. The van der Waals surface area contributed by atoms with Gasteiger partial charge in [0.25, 0.3) is 0 Å². The van der Waals surface area contributed by atoms with E-state index in [4.69, 9.17) is 10.2 Å². The summed E-state index contributed by atoms with van der Waals surface area (Å²) >= 11 is 0. The van der Waals surface area contributed by atoms with Gasteiger partial charge in [0, 0.05) is 6.54 Å². The monoisotopic (exact) mass is 274 g/mol. The van der Waals surface area contributed by atoms with E-state index in [-0.39, 0.29) is 17.8 Å². The maximum Gasteiger partial charge on any atom is 0.243 e. The lowest BCUT2D eigenvalue weighted by atomic mass is 9.93. The minimum Gasteiger partial charge on any atom is -0.464 e. The van der Waals surface area contributed by atoms with Crippen LogP contribution >= 0.6 is 0 Å². The van der Waals surface area contributed by atoms with E-state index in [2.05, 4.69) is 0 Å². The first-order valence-corrected chi connectivity index (χ1v) is 6.43. The molecule has 0 bridgehead atoms. The Morgan fingerprint density at radius 1 is 1.25 bits per heavy atom. The van der Waals surface area contributed by atoms with Crippen molar-refractivity contribution < 1.29 is 13.6 Å². The molecule has 0 radical (unpaired) electrons. The van der Waals surface area contributed by atoms with Crippen LogP contribution < -0.4 is 5.73 Å². The SMILES string of the molecule is Cc1ccc(C2C(N)C(=O)N2Cc2ccc(F)cc2)o1. The number of benzene rings is 1. The Morgan fingerprint density at radius 2 is 1.95 bits per heavy atom. The van der Waals surface area contributed by atoms with Gasteiger partial charge in [0.05, 0.1) is 0 Å². The highest BCUT2D eigenvalue weighted by molar-refractivity contribution is 5.89. The second kappa shape index (κ2) is 4.76. The molecule has 1 aromatic heterocycles. The minimum absolute atomic E-state index is 0.117. The number of nitrogens with zero attached hydrogens (tertiary/aromatic N) is 1. The number of carbonyl (C=O) groups excluding carboxylic acids is 1. The minimum atomic E-state index is -0.569. The number of hydrogen-bond acceptors (Lipinski definition) is 3. The third kappa shape index (κ3) is 2.10. The Kier molecular flexibility index (Phi) is 3.06. The lowest BCUT2D eigenvalue weighted by Crippen LogP contribution is -2.62. The molecule has 2 aromatic rings. The van der Waals surface area contributed by atoms with Gasteiger partial charge >= 0.3 is 0 Å². The number of hydrogen-bond donors (Lipinski definition) is 1. The molecule has 2 N–H and O–H groups in total. The zero-order valence-corrected chi connectivity index (χ0v) is 11.0. The maximum absolute atomic E-state index is 12.9. The molecule has 1 aromatic carbocycles. The number of carbonyl (C=O) groups is 1. The first-order chi connectivity index (χ1) is 9.56. The van der Waals surface area contributed by atoms with Crippen LogP contribution in [0.4, 0.5) is 4.39 Å². The van der Waals surface area contributed by atoms with Crippen LogP contribution in [0.25, 0.3) is 0 Å². The molecule has 2 atom stereocenters. The Balaban J connectivity index is 1.80. The zero-order chi connectivity index (χ0) is 14.3. The van der Waals surface area contributed by atoms with Crippen molar-refractivity contribution in [3.8, 4) is 0 Å². The summed E-state index contributed by atoms with van der Waals surface area (Å²) in [6.45, 7) is 2.25. The Morgan fingerprint density at radius 3 is 2.55 bits per heavy atom. The van der Waals surface area contributed by atoms with Crippen molar-refractivity contribution in [3.05, 3.63) is 59.3 Å². The van der Waals surface area contributed by atoms with Crippen molar-refractivity contribution in [1.82, 2.24) is 4.90 Å². The largest absolute Gasteiger partial charge is 0.464 e. The van der Waals surface area contributed by atoms with Crippen molar-refractivity contribution in [2.45, 2.75) is 25.6 Å². The highest BCUT2D eigenvalue weighted by atomic mass is 19.1. The van der Waals surface area contributed by atoms with Crippen LogP contribution in [0.1, 0.15) is 23.1 Å². The molecular formula is C15H15FN2O2. The molecule has 0 spiro atoms. The zero-order valence-electron chi connectivity index (χ0n) is 11.0. The topological polar surface area (TPSA) is 59.5 Å². The Hall–Kier alpha value is -2.14. The quantitative estimate of drug-likeness (QED) is 0.872. The van der Waals surface area contributed by atoms with Crippen molar-refractivity contribution >= 4 is 5.91 Å². The number of furan rings is 1. The van der Waals surface area contributed by atoms with Gasteiger partial charge in [-0.15, -0.1) is 0 Å². The van der Waals surface area contributed by atoms with Gasteiger partial charge in [0.15, 0.2) is 0 Å². The number of aryl methyl sites for hydroxylation is 1. The molecule has 1 aliphatic rings. The van der Waals surface area contributed by atoms with Gasteiger partial charge in [-0.05, 0) is 36.8 Å². The number of amides is 1. The molecule has 20 heavy (non-hydrogen) atoms. The maximum atomic E-state index is 12.9. The summed E-state index contributed by atoms with van der Waals surface area (Å²) < 4.78 is 18.4. The summed E-state index contributed by atoms with van der Waals surface area (Å²) in [5.41, 5.74) is 6.73. The Labute approximate surface area is 116 Å². The molecular weight excluding hydrogens is 259 g/mol. The number of β-lactam (4-membered cyclic amide) rings is 1. The normalized spacial score (nSPS) is 21.9. The van der Waals surface area contributed by atoms with Crippen LogP contribution in [0, 0.1) is 12.7 Å². The fourth-order valence-electron chi connectivity index (χ4n) is 2.48. The van der Waals surface area contributed by atoms with Gasteiger partial charge in [0.2, 0.25) is 5.91 Å². The number of nitrogens with two attached hydrogens (primary N) is 1. The van der Waals surface area contributed by atoms with Gasteiger partial charge in [-0.2, -0.15) is 0 Å². The van der Waals surface area contributed by atoms with Gasteiger partial charge in [-0.3, -0.25) is 4.79 Å². The van der Waals surface area contributed by atoms with E-state index in [1.54, 1.807) is 17.0 Å². The fraction of sp³-hybridized carbons (Fsp3) is 0.267. The van der Waals surface area contributed by atoms with Crippen molar-refractivity contribution in [1.29, 1.82) is 0 Å². The predicted molar refractivity (Wildman–Crippen MR) is 71.1 cm³/mol. The molecule has 0 aliphatic carbocycles. The van der Waals surface area contributed by atoms with E-state index in [0.29, 0.717) is 12.3 Å². The molecule has 5 heteroatoms. The summed E-state index contributed by atoms with van der Waals surface area (Å²) in [5, 5.41) is 0. The molecule has 1 aliphatic heterocycles. The second-order valence-corrected chi connectivity index (χ2v) is 5.01. The summed E-state index contributed by atoms with van der Waals surface area (Å²) in [6, 6.07) is 8.96. The fourth-order valence-corrected chi connectivity index (χ4v) is 2.48. The summed E-state index contributed by atoms with van der Waals surface area (Å²) in [7, 11) is 0. The van der Waals surface area contributed by atoms with Gasteiger partial charge in [-0.1, -0.05) is 12.1 Å². The van der Waals surface area contributed by atoms with Crippen LogP contribution in [-0.4, -0.2) is 16.8 Å². The summed E-state index contributed by atoms with van der Waals surface area (Å²) in [5.74, 6) is 1.07. The highest BCUT2D eigenvalue weighted by Crippen LogP contribution is 2.35. The molecule has 3 rings (SSSR count). The van der Waals surface area contributed by atoms with Crippen LogP contribution in [0.2, 0.25) is 0 Å². The van der Waals surface area contributed by atoms with E-state index in [1.165, 1.54) is 12.1 Å². The molecule has 0 saturated carbocycles. The molecule has 2 heterocycles. The second-order valence-electron chi connectivity index (χ2n) is 5.01. The number of likely N-dealkylation sites (tertiary alicyclic amines) is 1. The van der Waals surface area contributed by atoms with E-state index in [9.17, 15) is 9.18 Å². The standard InChI is InChI=1S/C15H15FN2O2/c1-9-2-7-12(20-9)14-13(17)15(19)18(14)8-10-3-5-11(16)6-4-10/h2-7,13-14H,8,17H2,1H3. The van der Waals surface area contributed by atoms with E-state index in [0.717, 1.165) is 11.3 Å². The lowest BCUT2D eigenvalue weighted by molar-refractivity contribution is -0.151. The van der Waals surface area contributed by atoms with Crippen LogP contribution in [0.5, 0.6) is 0 Å². The highest BCUT2D eigenvalue weighted by Gasteiger charge is 2.47. The van der Waals surface area contributed by atoms with Crippen LogP contribution in [0.3, 0.4) is 0 Å². The van der Waals surface area contributed by atoms with Crippen LogP contribution in [0.15, 0.2) is 40.8 Å². The molecule has 4 nitrogen and oxygen atoms in total. The van der Waals surface area contributed by atoms with E-state index >= 15 is 0 Å². The molecule has 1 fully saturated rings. The lowest BCUT2D eigenvalue weighted by Gasteiger charge is -2.44. The smallest absolute Gasteiger partial charge is 0.243 e. The third-order valence-corrected chi connectivity index (χ3v) is 3.56. The van der Waals surface area contributed by atoms with E-state index < -0.39 is 6.04 Å².